The van der Waals surface area contributed by atoms with Crippen LogP contribution in [0.2, 0.25) is 0 Å². The number of hydrogen-bond acceptors (Lipinski definition) is 3. The summed E-state index contributed by atoms with van der Waals surface area (Å²) in [5, 5.41) is 0. The van der Waals surface area contributed by atoms with Gasteiger partial charge < -0.3 is 0 Å². The fraction of sp³-hybridized carbons (Fsp3) is 1.00. The summed E-state index contributed by atoms with van der Waals surface area (Å²) in [6.07, 6.45) is 2.29. The first-order valence-corrected chi connectivity index (χ1v) is 8.88. The minimum absolute atomic E-state index is 0.670. The molecule has 0 saturated heterocycles. The van der Waals surface area contributed by atoms with E-state index in [0.29, 0.717) is 5.92 Å². The predicted molar refractivity (Wildman–Crippen MR) is 55.0 cm³/mol. The molecule has 0 aromatic rings. The predicted octanol–water partition coefficient (Wildman–Crippen LogP) is 2.39. The zero-order valence-corrected chi connectivity index (χ0v) is 9.35. The first-order valence-electron chi connectivity index (χ1n) is 3.42. The Morgan fingerprint density at radius 1 is 1.30 bits per heavy atom. The van der Waals surface area contributed by atoms with Crippen LogP contribution in [0.25, 0.3) is 0 Å². The van der Waals surface area contributed by atoms with Gasteiger partial charge in [0.2, 0.25) is 0 Å². The molecule has 0 radical (unpaired) electrons. The van der Waals surface area contributed by atoms with Gasteiger partial charge in [-0.1, -0.05) is 0 Å². The zero-order chi connectivity index (χ0) is 7.98. The molecule has 0 unspecified atom stereocenters. The Labute approximate surface area is 73.3 Å². The van der Waals surface area contributed by atoms with Gasteiger partial charge in [-0.05, 0) is 0 Å². The topological polar surface area (TPSA) is 40.5 Å². The second-order valence-electron chi connectivity index (χ2n) is 2.17. The van der Waals surface area contributed by atoms with Gasteiger partial charge in [0.05, 0.1) is 0 Å². The summed E-state index contributed by atoms with van der Waals surface area (Å²) < 4.78 is 17.3. The Bertz CT molecular complexity index is 76.1. The molecule has 4 heteroatoms. The summed E-state index contributed by atoms with van der Waals surface area (Å²) in [6, 6.07) is 0. The quantitative estimate of drug-likeness (QED) is 0.759. The third kappa shape index (κ3) is 5.76. The molecular formula is C6H15IO2S. The molecule has 0 saturated carbocycles. The van der Waals surface area contributed by atoms with Crippen molar-refractivity contribution in [3.05, 3.63) is 0 Å². The molecule has 0 rings (SSSR count). The normalized spacial score (nSPS) is 12.3. The van der Waals surface area contributed by atoms with Crippen molar-refractivity contribution >= 4 is 28.2 Å². The second-order valence-corrected chi connectivity index (χ2v) is 7.66. The Hall–Kier alpha value is 1.00. The average molecular weight is 278 g/mol. The van der Waals surface area contributed by atoms with E-state index in [0.717, 1.165) is 18.6 Å². The van der Waals surface area contributed by atoms with Gasteiger partial charge >= 0.3 is 73.4 Å². The van der Waals surface area contributed by atoms with Crippen molar-refractivity contribution < 1.29 is 6.87 Å². The van der Waals surface area contributed by atoms with Gasteiger partial charge in [0.25, 0.3) is 0 Å². The third-order valence-electron chi connectivity index (χ3n) is 1.55. The van der Waals surface area contributed by atoms with E-state index in [2.05, 4.69) is 13.8 Å². The monoisotopic (exact) mass is 278 g/mol. The molecule has 0 aliphatic rings. The minimum atomic E-state index is -2.48. The zero-order valence-electron chi connectivity index (χ0n) is 6.38. The Kier molecular flexibility index (Phi) is 7.36. The first-order chi connectivity index (χ1) is 4.70. The maximum atomic E-state index is 8.67. The van der Waals surface area contributed by atoms with Gasteiger partial charge in [-0.3, -0.25) is 0 Å². The van der Waals surface area contributed by atoms with Crippen molar-refractivity contribution in [3.8, 4) is 0 Å². The number of hydrogen-bond donors (Lipinski definition) is 2. The molecule has 0 amide bonds. The van der Waals surface area contributed by atoms with Crippen LogP contribution in [0.5, 0.6) is 0 Å². The number of halogens is 1. The van der Waals surface area contributed by atoms with Crippen LogP contribution in [-0.4, -0.2) is 12.6 Å². The van der Waals surface area contributed by atoms with Gasteiger partial charge in [-0.2, -0.15) is 0 Å². The van der Waals surface area contributed by atoms with E-state index < -0.39 is 19.3 Å². The van der Waals surface area contributed by atoms with E-state index in [1.54, 1.807) is 0 Å². The molecule has 0 aliphatic heterocycles. The average Bonchev–Trinajstić information content (AvgIpc) is 1.90. The van der Waals surface area contributed by atoms with E-state index >= 15 is 0 Å². The first kappa shape index (κ1) is 11.0. The summed E-state index contributed by atoms with van der Waals surface area (Å²) in [5.41, 5.74) is 0. The van der Waals surface area contributed by atoms with E-state index in [9.17, 15) is 0 Å². The number of rotatable bonds is 5. The Balaban J connectivity index is 3.26. The summed E-state index contributed by atoms with van der Waals surface area (Å²) in [6.45, 7) is 4.28. The third-order valence-corrected chi connectivity index (χ3v) is 5.09. The van der Waals surface area contributed by atoms with Crippen LogP contribution in [0.15, 0.2) is 0 Å². The van der Waals surface area contributed by atoms with E-state index in [-0.39, 0.29) is 0 Å². The summed E-state index contributed by atoms with van der Waals surface area (Å²) in [4.78, 5) is 0. The molecule has 10 heavy (non-hydrogen) atoms. The van der Waals surface area contributed by atoms with Crippen molar-refractivity contribution in [1.29, 1.82) is 0 Å². The van der Waals surface area contributed by atoms with Gasteiger partial charge in [0.1, 0.15) is 0 Å². The fourth-order valence-electron chi connectivity index (χ4n) is 0.670. The van der Waals surface area contributed by atoms with Gasteiger partial charge in [-0.25, -0.2) is 0 Å². The van der Waals surface area contributed by atoms with E-state index in [4.69, 9.17) is 6.87 Å². The molecule has 0 spiro atoms. The van der Waals surface area contributed by atoms with Gasteiger partial charge in [0.15, 0.2) is 0 Å². The van der Waals surface area contributed by atoms with Crippen LogP contribution in [0.3, 0.4) is 0 Å². The Morgan fingerprint density at radius 2 is 1.80 bits per heavy atom. The molecule has 0 aromatic heterocycles. The van der Waals surface area contributed by atoms with Gasteiger partial charge in [0, 0.05) is 0 Å². The Morgan fingerprint density at radius 3 is 2.10 bits per heavy atom. The van der Waals surface area contributed by atoms with Crippen molar-refractivity contribution in [2.75, 3.05) is 5.75 Å². The van der Waals surface area contributed by atoms with Gasteiger partial charge in [-0.15, -0.1) is 0 Å². The molecule has 2 N–H and O–H groups in total. The molecule has 0 atom stereocenters. The summed E-state index contributed by atoms with van der Waals surface area (Å²) in [7, 11) is 1.36. The summed E-state index contributed by atoms with van der Waals surface area (Å²) >= 11 is -2.48. The molecule has 0 aromatic carbocycles. The molecule has 0 fully saturated rings. The van der Waals surface area contributed by atoms with Crippen molar-refractivity contribution in [2.45, 2.75) is 26.7 Å². The molecule has 0 aliphatic carbocycles. The SMILES string of the molecule is CCC(CC)CSI(O)O. The van der Waals surface area contributed by atoms with Crippen LogP contribution in [0, 0.1) is 5.92 Å². The van der Waals surface area contributed by atoms with Crippen LogP contribution < -0.4 is 0 Å². The van der Waals surface area contributed by atoms with E-state index in [1.807, 2.05) is 0 Å². The van der Waals surface area contributed by atoms with Crippen LogP contribution in [-0.2, 0) is 0 Å². The van der Waals surface area contributed by atoms with Crippen LogP contribution in [0.4, 0.5) is 0 Å². The fourth-order valence-corrected chi connectivity index (χ4v) is 3.92. The second kappa shape index (κ2) is 6.69. The molecule has 2 nitrogen and oxygen atoms in total. The van der Waals surface area contributed by atoms with Crippen molar-refractivity contribution in [3.63, 3.8) is 0 Å². The molecule has 0 bridgehead atoms. The van der Waals surface area contributed by atoms with Crippen molar-refractivity contribution in [2.24, 2.45) is 5.92 Å². The summed E-state index contributed by atoms with van der Waals surface area (Å²) in [5.74, 6) is 1.59. The van der Waals surface area contributed by atoms with Crippen LogP contribution in [0.1, 0.15) is 26.7 Å². The molecule has 0 heterocycles. The standard InChI is InChI=1S/C6H15IO2S/c1-3-6(4-2)5-10-7(8)9/h6,8-9H,3-5H2,1-2H3. The molecule has 64 valence electrons. The van der Waals surface area contributed by atoms with Crippen LogP contribution >= 0.6 is 28.2 Å². The molecular weight excluding hydrogens is 263 g/mol. The van der Waals surface area contributed by atoms with Crippen molar-refractivity contribution in [1.82, 2.24) is 0 Å². The van der Waals surface area contributed by atoms with E-state index in [1.165, 1.54) is 8.93 Å². The maximum absolute atomic E-state index is 8.67.